The van der Waals surface area contributed by atoms with Gasteiger partial charge >= 0.3 is 0 Å². The topological polar surface area (TPSA) is 71.8 Å². The van der Waals surface area contributed by atoms with Crippen molar-refractivity contribution in [3.8, 4) is 17.3 Å². The minimum atomic E-state index is 0.0314. The molecule has 3 N–H and O–H groups in total. The number of hydrogen-bond donors (Lipinski definition) is 3. The molecule has 1 aromatic heterocycles. The first-order valence-corrected chi connectivity index (χ1v) is 5.80. The number of rotatable bonds is 4. The summed E-state index contributed by atoms with van der Waals surface area (Å²) in [6, 6.07) is 12.1. The predicted octanol–water partition coefficient (Wildman–Crippen LogP) is 2.27. The van der Waals surface area contributed by atoms with Crippen molar-refractivity contribution in [3.63, 3.8) is 0 Å². The van der Waals surface area contributed by atoms with E-state index in [9.17, 15) is 5.26 Å². The second-order valence-electron chi connectivity index (χ2n) is 4.00. The van der Waals surface area contributed by atoms with Crippen LogP contribution in [0.2, 0.25) is 0 Å². The van der Waals surface area contributed by atoms with Crippen molar-refractivity contribution in [3.05, 3.63) is 41.5 Å². The van der Waals surface area contributed by atoms with Gasteiger partial charge < -0.3 is 15.4 Å². The van der Waals surface area contributed by atoms with E-state index in [1.165, 1.54) is 0 Å². The van der Waals surface area contributed by atoms with Crippen LogP contribution in [0.15, 0.2) is 30.3 Å². The van der Waals surface area contributed by atoms with E-state index in [2.05, 4.69) is 16.4 Å². The largest absolute Gasteiger partial charge is 0.395 e. The number of H-pyrrole nitrogens is 1. The summed E-state index contributed by atoms with van der Waals surface area (Å²) in [5.41, 5.74) is 3.50. The second kappa shape index (κ2) is 5.39. The minimum Gasteiger partial charge on any atom is -0.395 e. The lowest BCUT2D eigenvalue weighted by Crippen LogP contribution is -2.06. The van der Waals surface area contributed by atoms with Crippen LogP contribution in [0.25, 0.3) is 11.3 Å². The maximum atomic E-state index is 9.19. The molecule has 0 unspecified atom stereocenters. The molecular formula is C14H15N3O. The predicted molar refractivity (Wildman–Crippen MR) is 71.3 cm³/mol. The number of nitrogens with one attached hydrogen (secondary N) is 2. The molecule has 0 atom stereocenters. The maximum absolute atomic E-state index is 9.19. The Balaban J connectivity index is 2.44. The van der Waals surface area contributed by atoms with Crippen molar-refractivity contribution >= 4 is 5.82 Å². The molecule has 4 nitrogen and oxygen atoms in total. The molecule has 0 aliphatic heterocycles. The number of anilines is 1. The molecule has 0 amide bonds. The van der Waals surface area contributed by atoms with Gasteiger partial charge in [-0.1, -0.05) is 30.3 Å². The number of nitrogens with zero attached hydrogens (tertiary/aromatic N) is 1. The van der Waals surface area contributed by atoms with Crippen LogP contribution in [0.3, 0.4) is 0 Å². The molecule has 1 heterocycles. The van der Waals surface area contributed by atoms with Crippen LogP contribution >= 0.6 is 0 Å². The molecule has 0 radical (unpaired) electrons. The van der Waals surface area contributed by atoms with Gasteiger partial charge in [-0.15, -0.1) is 0 Å². The van der Waals surface area contributed by atoms with Gasteiger partial charge in [0.2, 0.25) is 0 Å². The molecule has 0 bridgehead atoms. The highest BCUT2D eigenvalue weighted by Crippen LogP contribution is 2.29. The molecule has 0 saturated heterocycles. The lowest BCUT2D eigenvalue weighted by molar-refractivity contribution is 0.311. The summed E-state index contributed by atoms with van der Waals surface area (Å²) in [4.78, 5) is 3.21. The van der Waals surface area contributed by atoms with Crippen LogP contribution in [0.4, 0.5) is 5.82 Å². The lowest BCUT2D eigenvalue weighted by Gasteiger charge is -2.01. The van der Waals surface area contributed by atoms with Gasteiger partial charge in [0.25, 0.3) is 0 Å². The summed E-state index contributed by atoms with van der Waals surface area (Å²) in [6.07, 6.45) is 0. The standard InChI is InChI=1S/C14H15N3O/c1-10-12(9-15)14(16-7-8-18)17-13(10)11-5-3-2-4-6-11/h2-6,16-18H,7-8H2,1H3. The minimum absolute atomic E-state index is 0.0314. The molecule has 0 saturated carbocycles. The SMILES string of the molecule is Cc1c(-c2ccccc2)[nH]c(NCCO)c1C#N. The smallest absolute Gasteiger partial charge is 0.122 e. The third-order valence-corrected chi connectivity index (χ3v) is 2.84. The molecule has 0 fully saturated rings. The van der Waals surface area contributed by atoms with Gasteiger partial charge in [-0.3, -0.25) is 0 Å². The van der Waals surface area contributed by atoms with Crippen molar-refractivity contribution in [2.24, 2.45) is 0 Å². The van der Waals surface area contributed by atoms with E-state index in [0.29, 0.717) is 17.9 Å². The molecule has 2 aromatic rings. The molecule has 2 rings (SSSR count). The third kappa shape index (κ3) is 2.22. The summed E-state index contributed by atoms with van der Waals surface area (Å²) in [7, 11) is 0. The summed E-state index contributed by atoms with van der Waals surface area (Å²) in [5, 5.41) is 21.0. The van der Waals surface area contributed by atoms with Crippen molar-refractivity contribution in [1.82, 2.24) is 4.98 Å². The summed E-state index contributed by atoms with van der Waals surface area (Å²) in [5.74, 6) is 0.669. The Bertz CT molecular complexity index is 567. The number of aliphatic hydroxyl groups is 1. The van der Waals surface area contributed by atoms with Gasteiger partial charge in [0, 0.05) is 6.54 Å². The average Bonchev–Trinajstić information content (AvgIpc) is 2.73. The summed E-state index contributed by atoms with van der Waals surface area (Å²) in [6.45, 7) is 2.37. The molecular weight excluding hydrogens is 226 g/mol. The van der Waals surface area contributed by atoms with Crippen LogP contribution in [0.5, 0.6) is 0 Å². The zero-order chi connectivity index (χ0) is 13.0. The molecule has 0 spiro atoms. The fourth-order valence-corrected chi connectivity index (χ4v) is 1.94. The number of benzene rings is 1. The maximum Gasteiger partial charge on any atom is 0.122 e. The number of hydrogen-bond acceptors (Lipinski definition) is 3. The zero-order valence-corrected chi connectivity index (χ0v) is 10.2. The highest BCUT2D eigenvalue weighted by molar-refractivity contribution is 5.73. The van der Waals surface area contributed by atoms with Gasteiger partial charge in [-0.05, 0) is 18.1 Å². The molecule has 0 aliphatic rings. The van der Waals surface area contributed by atoms with E-state index >= 15 is 0 Å². The van der Waals surface area contributed by atoms with Crippen molar-refractivity contribution < 1.29 is 5.11 Å². The Kier molecular flexibility index (Phi) is 3.66. The molecule has 4 heteroatoms. The first-order chi connectivity index (χ1) is 8.77. The third-order valence-electron chi connectivity index (χ3n) is 2.84. The monoisotopic (exact) mass is 241 g/mol. The van der Waals surface area contributed by atoms with E-state index < -0.39 is 0 Å². The molecule has 18 heavy (non-hydrogen) atoms. The van der Waals surface area contributed by atoms with Gasteiger partial charge in [0.05, 0.1) is 17.9 Å². The number of aromatic nitrogens is 1. The van der Waals surface area contributed by atoms with E-state index in [1.54, 1.807) is 0 Å². The van der Waals surface area contributed by atoms with Crippen LogP contribution in [0, 0.1) is 18.3 Å². The van der Waals surface area contributed by atoms with Gasteiger partial charge in [0.1, 0.15) is 11.9 Å². The second-order valence-corrected chi connectivity index (χ2v) is 4.00. The number of nitriles is 1. The Labute approximate surface area is 106 Å². The first-order valence-electron chi connectivity index (χ1n) is 5.80. The number of aromatic amines is 1. The van der Waals surface area contributed by atoms with Crippen LogP contribution in [-0.2, 0) is 0 Å². The zero-order valence-electron chi connectivity index (χ0n) is 10.2. The first kappa shape index (κ1) is 12.2. The lowest BCUT2D eigenvalue weighted by atomic mass is 10.1. The highest BCUT2D eigenvalue weighted by atomic mass is 16.3. The van der Waals surface area contributed by atoms with Gasteiger partial charge in [-0.25, -0.2) is 0 Å². The molecule has 0 aliphatic carbocycles. The van der Waals surface area contributed by atoms with E-state index in [4.69, 9.17) is 5.11 Å². The Hall–Kier alpha value is -2.25. The van der Waals surface area contributed by atoms with Crippen LogP contribution < -0.4 is 5.32 Å². The molecule has 1 aromatic carbocycles. The molecule has 92 valence electrons. The fraction of sp³-hybridized carbons (Fsp3) is 0.214. The van der Waals surface area contributed by atoms with Gasteiger partial charge in [-0.2, -0.15) is 5.26 Å². The van der Waals surface area contributed by atoms with E-state index in [0.717, 1.165) is 16.8 Å². The average molecular weight is 241 g/mol. The van der Waals surface area contributed by atoms with E-state index in [1.807, 2.05) is 37.3 Å². The van der Waals surface area contributed by atoms with Crippen LogP contribution in [0.1, 0.15) is 11.1 Å². The summed E-state index contributed by atoms with van der Waals surface area (Å²) >= 11 is 0. The summed E-state index contributed by atoms with van der Waals surface area (Å²) < 4.78 is 0. The van der Waals surface area contributed by atoms with Gasteiger partial charge in [0.15, 0.2) is 0 Å². The number of aliphatic hydroxyl groups excluding tert-OH is 1. The normalized spacial score (nSPS) is 10.1. The quantitative estimate of drug-likeness (QED) is 0.768. The Morgan fingerprint density at radius 3 is 2.67 bits per heavy atom. The van der Waals surface area contributed by atoms with Crippen molar-refractivity contribution in [1.29, 1.82) is 5.26 Å². The Morgan fingerprint density at radius 2 is 2.06 bits per heavy atom. The highest BCUT2D eigenvalue weighted by Gasteiger charge is 2.14. The van der Waals surface area contributed by atoms with Crippen LogP contribution in [-0.4, -0.2) is 23.2 Å². The Morgan fingerprint density at radius 1 is 1.33 bits per heavy atom. The fourth-order valence-electron chi connectivity index (χ4n) is 1.94. The van der Waals surface area contributed by atoms with Crippen molar-refractivity contribution in [2.75, 3.05) is 18.5 Å². The van der Waals surface area contributed by atoms with Crippen molar-refractivity contribution in [2.45, 2.75) is 6.92 Å². The van der Waals surface area contributed by atoms with E-state index in [-0.39, 0.29) is 6.61 Å².